The lowest BCUT2D eigenvalue weighted by molar-refractivity contribution is -0.121. The van der Waals surface area contributed by atoms with Crippen molar-refractivity contribution in [3.05, 3.63) is 17.5 Å². The van der Waals surface area contributed by atoms with Gasteiger partial charge in [-0.2, -0.15) is 5.10 Å². The van der Waals surface area contributed by atoms with Crippen LogP contribution >= 0.6 is 0 Å². The fourth-order valence-corrected chi connectivity index (χ4v) is 4.10. The Hall–Kier alpha value is -1.32. The molecule has 4 nitrogen and oxygen atoms in total. The third kappa shape index (κ3) is 14.6. The van der Waals surface area contributed by atoms with Gasteiger partial charge in [0.05, 0.1) is 5.69 Å². The molecular formula is C26H49N3O. The molecule has 174 valence electrons. The Balaban J connectivity index is 1.78. The first-order chi connectivity index (χ1) is 14.6. The minimum absolute atomic E-state index is 0.142. The molecule has 1 rings (SSSR count). The number of nitrogens with one attached hydrogen (secondary N) is 1. The quantitative estimate of drug-likeness (QED) is 0.226. The smallest absolute Gasteiger partial charge is 0.221 e. The number of hydrogen-bond donors (Lipinski definition) is 1. The van der Waals surface area contributed by atoms with Gasteiger partial charge in [0, 0.05) is 25.2 Å². The van der Waals surface area contributed by atoms with E-state index in [-0.39, 0.29) is 5.91 Å². The molecule has 4 heteroatoms. The summed E-state index contributed by atoms with van der Waals surface area (Å²) in [6.45, 7) is 7.79. The summed E-state index contributed by atoms with van der Waals surface area (Å²) in [4.78, 5) is 11.9. The molecule has 1 heterocycles. The van der Waals surface area contributed by atoms with Crippen LogP contribution in [0.1, 0.15) is 127 Å². The van der Waals surface area contributed by atoms with E-state index in [4.69, 9.17) is 0 Å². The average molecular weight is 420 g/mol. The van der Waals surface area contributed by atoms with Crippen molar-refractivity contribution < 1.29 is 4.79 Å². The molecule has 0 spiro atoms. The largest absolute Gasteiger partial charge is 0.356 e. The summed E-state index contributed by atoms with van der Waals surface area (Å²) in [6, 6.07) is 2.05. The molecule has 0 aliphatic rings. The van der Waals surface area contributed by atoms with Crippen molar-refractivity contribution in [3.63, 3.8) is 0 Å². The number of hydrogen-bond acceptors (Lipinski definition) is 2. The molecule has 1 aromatic rings. The van der Waals surface area contributed by atoms with Gasteiger partial charge < -0.3 is 5.32 Å². The van der Waals surface area contributed by atoms with Crippen molar-refractivity contribution >= 4 is 5.91 Å². The number of rotatable bonds is 20. The van der Waals surface area contributed by atoms with E-state index in [1.54, 1.807) is 0 Å². The number of carbonyl (C=O) groups is 1. The highest BCUT2D eigenvalue weighted by Crippen LogP contribution is 2.13. The lowest BCUT2D eigenvalue weighted by Gasteiger charge is -2.07. The Morgan fingerprint density at radius 3 is 1.70 bits per heavy atom. The summed E-state index contributed by atoms with van der Waals surface area (Å²) in [5.41, 5.74) is 2.14. The van der Waals surface area contributed by atoms with Crippen LogP contribution in [0.2, 0.25) is 0 Å². The maximum atomic E-state index is 11.9. The molecule has 0 bridgehead atoms. The Bertz CT molecular complexity index is 538. The van der Waals surface area contributed by atoms with Gasteiger partial charge in [0.25, 0.3) is 0 Å². The molecule has 1 N–H and O–H groups in total. The highest BCUT2D eigenvalue weighted by molar-refractivity contribution is 5.75. The van der Waals surface area contributed by atoms with Crippen molar-refractivity contribution in [2.24, 2.45) is 0 Å². The van der Waals surface area contributed by atoms with Crippen molar-refractivity contribution in [2.45, 2.75) is 136 Å². The summed E-state index contributed by atoms with van der Waals surface area (Å²) < 4.78 is 1.92. The molecule has 0 radical (unpaired) electrons. The molecule has 0 aromatic carbocycles. The van der Waals surface area contributed by atoms with E-state index in [1.807, 2.05) is 24.6 Å². The summed E-state index contributed by atoms with van der Waals surface area (Å²) in [7, 11) is 0. The first kappa shape index (κ1) is 26.7. The van der Waals surface area contributed by atoms with E-state index in [9.17, 15) is 4.79 Å². The van der Waals surface area contributed by atoms with Gasteiger partial charge in [-0.1, -0.05) is 103 Å². The zero-order valence-electron chi connectivity index (χ0n) is 20.3. The van der Waals surface area contributed by atoms with E-state index in [0.717, 1.165) is 24.4 Å². The number of aryl methyl sites for hydroxylation is 3. The molecule has 0 aliphatic carbocycles. The number of amides is 1. The molecule has 1 amide bonds. The molecule has 0 saturated heterocycles. The lowest BCUT2D eigenvalue weighted by atomic mass is 10.0. The SMILES string of the molecule is CCCCCCCCCCCCCCCCCCNC(=O)CCn1nc(C)cc1C. The Morgan fingerprint density at radius 2 is 1.27 bits per heavy atom. The summed E-state index contributed by atoms with van der Waals surface area (Å²) in [5.74, 6) is 0.142. The van der Waals surface area contributed by atoms with Crippen LogP contribution in [0.3, 0.4) is 0 Å². The van der Waals surface area contributed by atoms with E-state index in [2.05, 4.69) is 17.3 Å². The molecule has 30 heavy (non-hydrogen) atoms. The minimum atomic E-state index is 0.142. The van der Waals surface area contributed by atoms with Gasteiger partial charge in [0.15, 0.2) is 0 Å². The lowest BCUT2D eigenvalue weighted by Crippen LogP contribution is -2.25. The Labute approximate surface area is 186 Å². The molecular weight excluding hydrogens is 370 g/mol. The monoisotopic (exact) mass is 419 g/mol. The fraction of sp³-hybridized carbons (Fsp3) is 0.846. The van der Waals surface area contributed by atoms with E-state index >= 15 is 0 Å². The van der Waals surface area contributed by atoms with Crippen molar-refractivity contribution in [1.29, 1.82) is 0 Å². The number of nitrogens with zero attached hydrogens (tertiary/aromatic N) is 2. The maximum absolute atomic E-state index is 11.9. The van der Waals surface area contributed by atoms with E-state index < -0.39 is 0 Å². The molecule has 0 unspecified atom stereocenters. The Morgan fingerprint density at radius 1 is 0.800 bits per heavy atom. The molecule has 1 aromatic heterocycles. The molecule has 0 atom stereocenters. The van der Waals surface area contributed by atoms with Crippen LogP contribution in [-0.4, -0.2) is 22.2 Å². The van der Waals surface area contributed by atoms with Crippen molar-refractivity contribution in [3.8, 4) is 0 Å². The highest BCUT2D eigenvalue weighted by atomic mass is 16.1. The predicted octanol–water partition coefficient (Wildman–Crippen LogP) is 7.27. The number of carbonyl (C=O) groups excluding carboxylic acids is 1. The predicted molar refractivity (Wildman–Crippen MR) is 129 cm³/mol. The van der Waals surface area contributed by atoms with Crippen LogP contribution in [0.25, 0.3) is 0 Å². The fourth-order valence-electron chi connectivity index (χ4n) is 4.10. The second-order valence-electron chi connectivity index (χ2n) is 9.05. The van der Waals surface area contributed by atoms with Gasteiger partial charge >= 0.3 is 0 Å². The van der Waals surface area contributed by atoms with Gasteiger partial charge in [-0.25, -0.2) is 0 Å². The van der Waals surface area contributed by atoms with Crippen LogP contribution in [0.4, 0.5) is 0 Å². The van der Waals surface area contributed by atoms with Crippen LogP contribution in [0, 0.1) is 13.8 Å². The van der Waals surface area contributed by atoms with Crippen LogP contribution in [-0.2, 0) is 11.3 Å². The van der Waals surface area contributed by atoms with Gasteiger partial charge in [-0.05, 0) is 26.3 Å². The third-order valence-corrected chi connectivity index (χ3v) is 6.01. The number of unbranched alkanes of at least 4 members (excludes halogenated alkanes) is 15. The maximum Gasteiger partial charge on any atom is 0.221 e. The van der Waals surface area contributed by atoms with Crippen LogP contribution in [0.15, 0.2) is 6.07 Å². The Kier molecular flexibility index (Phi) is 16.4. The van der Waals surface area contributed by atoms with Gasteiger partial charge in [-0.15, -0.1) is 0 Å². The van der Waals surface area contributed by atoms with E-state index in [0.29, 0.717) is 13.0 Å². The topological polar surface area (TPSA) is 46.9 Å². The normalized spacial score (nSPS) is 11.2. The zero-order chi connectivity index (χ0) is 21.9. The molecule has 0 saturated carbocycles. The van der Waals surface area contributed by atoms with Crippen molar-refractivity contribution in [1.82, 2.24) is 15.1 Å². The van der Waals surface area contributed by atoms with Crippen molar-refractivity contribution in [2.75, 3.05) is 6.54 Å². The molecule has 0 fully saturated rings. The second-order valence-corrected chi connectivity index (χ2v) is 9.05. The second kappa shape index (κ2) is 18.4. The summed E-state index contributed by atoms with van der Waals surface area (Å²) in [5, 5.41) is 7.45. The van der Waals surface area contributed by atoms with Gasteiger partial charge in [0.1, 0.15) is 0 Å². The average Bonchev–Trinajstić information content (AvgIpc) is 3.05. The van der Waals surface area contributed by atoms with E-state index in [1.165, 1.54) is 96.3 Å². The number of aromatic nitrogens is 2. The molecule has 0 aliphatic heterocycles. The summed E-state index contributed by atoms with van der Waals surface area (Å²) >= 11 is 0. The standard InChI is InChI=1S/C26H49N3O/c1-4-5-6-7-8-9-10-11-12-13-14-15-16-17-18-19-21-27-26(30)20-22-29-25(3)23-24(2)28-29/h23H,4-22H2,1-3H3,(H,27,30). The van der Waals surface area contributed by atoms with Gasteiger partial charge in [0.2, 0.25) is 5.91 Å². The third-order valence-electron chi connectivity index (χ3n) is 6.01. The van der Waals surface area contributed by atoms with Crippen LogP contribution in [0.5, 0.6) is 0 Å². The van der Waals surface area contributed by atoms with Crippen LogP contribution < -0.4 is 5.32 Å². The zero-order valence-corrected chi connectivity index (χ0v) is 20.3. The summed E-state index contributed by atoms with van der Waals surface area (Å²) in [6.07, 6.45) is 22.6. The first-order valence-corrected chi connectivity index (χ1v) is 12.9. The first-order valence-electron chi connectivity index (χ1n) is 12.9. The highest BCUT2D eigenvalue weighted by Gasteiger charge is 2.05. The van der Waals surface area contributed by atoms with Gasteiger partial charge in [-0.3, -0.25) is 9.48 Å². The minimum Gasteiger partial charge on any atom is -0.356 e.